The molecule has 18 unspecified atom stereocenters. The quantitative estimate of drug-likeness (QED) is 0.196. The molecule has 11 nitrogen and oxygen atoms in total. The summed E-state index contributed by atoms with van der Waals surface area (Å²) in [6, 6.07) is 0. The molecule has 0 aliphatic carbocycles. The third-order valence-corrected chi connectivity index (χ3v) is 14.4. The molecule has 0 aromatic carbocycles. The van der Waals surface area contributed by atoms with E-state index < -0.39 is 82.9 Å². The second-order valence-corrected chi connectivity index (χ2v) is 17.9. The number of hydrogen-bond acceptors (Lipinski definition) is 11. The van der Waals surface area contributed by atoms with Gasteiger partial charge in [0.1, 0.15) is 11.9 Å². The van der Waals surface area contributed by atoms with Crippen LogP contribution in [0.5, 0.6) is 0 Å². The average molecular weight is 773 g/mol. The van der Waals surface area contributed by atoms with Crippen LogP contribution in [0.3, 0.4) is 0 Å². The molecule has 2 spiro atoms. The number of ketones is 1. The Kier molecular flexibility index (Phi) is 15.3. The number of carboxylic acids is 1. The second-order valence-electron chi connectivity index (χ2n) is 17.9. The van der Waals surface area contributed by atoms with Crippen LogP contribution in [0.4, 0.5) is 0 Å². The fraction of sp³-hybridized carbons (Fsp3) is 0.905. The van der Waals surface area contributed by atoms with Gasteiger partial charge >= 0.3 is 29.6 Å². The molecule has 0 radical (unpaired) electrons. The van der Waals surface area contributed by atoms with E-state index in [-0.39, 0.29) is 65.3 Å². The van der Waals surface area contributed by atoms with Crippen LogP contribution in [0, 0.1) is 41.4 Å². The number of carboxylic acid groups (broad SMARTS) is 1. The van der Waals surface area contributed by atoms with Gasteiger partial charge in [-0.05, 0) is 95.6 Å². The SMILES string of the molecule is CCC(C(=O)[O-])C1CCC(C)C(C(C)C(O)C(C)C(=O)C(CC)C2OC3(C=CC(O)C4(CCC(C)(C5CCC(O)(CC)C(C)O5)O4)O3)C(C)CC2C)O1.[Na+]. The van der Waals surface area contributed by atoms with Gasteiger partial charge in [-0.15, -0.1) is 0 Å². The molecule has 3 N–H and O–H groups in total. The molecule has 304 valence electrons. The van der Waals surface area contributed by atoms with Crippen LogP contribution in [-0.2, 0) is 33.3 Å². The average Bonchev–Trinajstić information content (AvgIpc) is 3.47. The number of ether oxygens (including phenoxy) is 5. The third-order valence-electron chi connectivity index (χ3n) is 14.4. The molecule has 4 saturated heterocycles. The van der Waals surface area contributed by atoms with E-state index in [1.54, 1.807) is 19.1 Å². The Hall–Kier alpha value is -0.440. The van der Waals surface area contributed by atoms with Crippen LogP contribution in [0.2, 0.25) is 0 Å². The number of carbonyl (C=O) groups excluding carboxylic acids is 2. The minimum absolute atomic E-state index is 0. The molecule has 5 aliphatic heterocycles. The van der Waals surface area contributed by atoms with Gasteiger partial charge < -0.3 is 48.9 Å². The first kappa shape index (κ1) is 46.3. The summed E-state index contributed by atoms with van der Waals surface area (Å²) in [5.74, 6) is -6.24. The fourth-order valence-electron chi connectivity index (χ4n) is 10.5. The molecule has 5 aliphatic rings. The second kappa shape index (κ2) is 17.8. The normalized spacial score (nSPS) is 45.3. The van der Waals surface area contributed by atoms with Crippen molar-refractivity contribution in [2.45, 2.75) is 199 Å². The van der Waals surface area contributed by atoms with Gasteiger partial charge in [0, 0.05) is 42.0 Å². The van der Waals surface area contributed by atoms with Crippen LogP contribution in [0.25, 0.3) is 0 Å². The van der Waals surface area contributed by atoms with E-state index in [0.29, 0.717) is 57.8 Å². The first-order chi connectivity index (χ1) is 24.8. The van der Waals surface area contributed by atoms with Crippen molar-refractivity contribution >= 4 is 11.8 Å². The number of rotatable bonds is 12. The summed E-state index contributed by atoms with van der Waals surface area (Å²) < 4.78 is 33.4. The third kappa shape index (κ3) is 8.63. The van der Waals surface area contributed by atoms with Crippen molar-refractivity contribution in [3.05, 3.63) is 12.2 Å². The van der Waals surface area contributed by atoms with Crippen molar-refractivity contribution in [3.63, 3.8) is 0 Å². The van der Waals surface area contributed by atoms with Crippen LogP contribution >= 0.6 is 0 Å². The van der Waals surface area contributed by atoms with Crippen molar-refractivity contribution in [2.24, 2.45) is 41.4 Å². The number of aliphatic hydroxyl groups is 3. The molecule has 5 rings (SSSR count). The van der Waals surface area contributed by atoms with Crippen molar-refractivity contribution < 1.29 is 83.3 Å². The van der Waals surface area contributed by atoms with Crippen molar-refractivity contribution in [2.75, 3.05) is 0 Å². The Labute approximate surface area is 345 Å². The first-order valence-corrected chi connectivity index (χ1v) is 20.7. The summed E-state index contributed by atoms with van der Waals surface area (Å²) in [6.07, 6.45) is 5.22. The number of aliphatic carboxylic acids is 1. The van der Waals surface area contributed by atoms with E-state index in [2.05, 4.69) is 20.8 Å². The maximum Gasteiger partial charge on any atom is 1.00 e. The van der Waals surface area contributed by atoms with Crippen molar-refractivity contribution in [1.82, 2.24) is 0 Å². The number of carbonyl (C=O) groups is 2. The molecular weight excluding hydrogens is 703 g/mol. The Morgan fingerprint density at radius 1 is 0.907 bits per heavy atom. The molecule has 0 amide bonds. The molecule has 12 heteroatoms. The van der Waals surface area contributed by atoms with Crippen LogP contribution < -0.4 is 34.7 Å². The molecule has 4 fully saturated rings. The maximum atomic E-state index is 14.4. The van der Waals surface area contributed by atoms with Gasteiger partial charge in [-0.3, -0.25) is 4.79 Å². The largest absolute Gasteiger partial charge is 1.00 e. The number of Topliss-reactive ketones (excluding diaryl/α,β-unsaturated/α-hetero) is 1. The Balaban J connectivity index is 0.00000650. The summed E-state index contributed by atoms with van der Waals surface area (Å²) >= 11 is 0. The molecule has 0 aromatic rings. The van der Waals surface area contributed by atoms with Crippen LogP contribution in [0.15, 0.2) is 12.2 Å². The Bertz CT molecular complexity index is 1330. The summed E-state index contributed by atoms with van der Waals surface area (Å²) in [7, 11) is 0. The molecule has 18 atom stereocenters. The minimum atomic E-state index is -1.37. The standard InChI is InChI=1S/C42H70O11.Na/c1-11-29(38(46)47)31-15-14-23(4)36(50-31)27(8)34(44)26(7)35(45)30(12-2)37-24(5)22-25(6)41(51-37)19-16-32(43)42(53-41)21-20-39(10,52-42)33-17-18-40(48,13-3)28(9)49-33;/h16,19,23-34,36-37,43-44,48H,11-15,17-18,20-22H2,1-10H3,(H,46,47);/q;+1/p-1. The molecule has 5 heterocycles. The molecule has 54 heavy (non-hydrogen) atoms. The van der Waals surface area contributed by atoms with E-state index in [1.165, 1.54) is 0 Å². The van der Waals surface area contributed by atoms with E-state index in [9.17, 15) is 30.0 Å². The fourth-order valence-corrected chi connectivity index (χ4v) is 10.5. The summed E-state index contributed by atoms with van der Waals surface area (Å²) in [5, 5.41) is 46.0. The van der Waals surface area contributed by atoms with E-state index in [0.717, 1.165) is 6.42 Å². The number of hydrogen-bond donors (Lipinski definition) is 3. The zero-order chi connectivity index (χ0) is 39.3. The topological polar surface area (TPSA) is 164 Å². The Morgan fingerprint density at radius 2 is 1.57 bits per heavy atom. The van der Waals surface area contributed by atoms with Gasteiger partial charge in [0.2, 0.25) is 5.79 Å². The molecular formula is C42H69NaO11. The van der Waals surface area contributed by atoms with Gasteiger partial charge in [-0.25, -0.2) is 0 Å². The van der Waals surface area contributed by atoms with Crippen LogP contribution in [-0.4, -0.2) is 92.6 Å². The zero-order valence-electron chi connectivity index (χ0n) is 34.9. The van der Waals surface area contributed by atoms with Gasteiger partial charge in [-0.1, -0.05) is 55.4 Å². The van der Waals surface area contributed by atoms with Crippen LogP contribution in [0.1, 0.15) is 133 Å². The summed E-state index contributed by atoms with van der Waals surface area (Å²) in [5.41, 5.74) is -1.64. The van der Waals surface area contributed by atoms with Gasteiger partial charge in [0.25, 0.3) is 0 Å². The minimum Gasteiger partial charge on any atom is -0.550 e. The molecule has 0 aromatic heterocycles. The summed E-state index contributed by atoms with van der Waals surface area (Å²) in [6.45, 7) is 19.5. The van der Waals surface area contributed by atoms with E-state index >= 15 is 0 Å². The Morgan fingerprint density at radius 3 is 2.17 bits per heavy atom. The van der Waals surface area contributed by atoms with Crippen molar-refractivity contribution in [1.29, 1.82) is 0 Å². The van der Waals surface area contributed by atoms with Gasteiger partial charge in [0.15, 0.2) is 5.79 Å². The van der Waals surface area contributed by atoms with Gasteiger partial charge in [-0.2, -0.15) is 0 Å². The molecule has 0 bridgehead atoms. The molecule has 0 saturated carbocycles. The number of aliphatic hydroxyl groups excluding tert-OH is 2. The smallest absolute Gasteiger partial charge is 0.550 e. The van der Waals surface area contributed by atoms with E-state index in [1.807, 2.05) is 41.5 Å². The predicted molar refractivity (Wildman–Crippen MR) is 196 cm³/mol. The maximum absolute atomic E-state index is 14.4. The van der Waals surface area contributed by atoms with Gasteiger partial charge in [0.05, 0.1) is 47.8 Å². The first-order valence-electron chi connectivity index (χ1n) is 20.7. The zero-order valence-corrected chi connectivity index (χ0v) is 36.9. The monoisotopic (exact) mass is 772 g/mol. The summed E-state index contributed by atoms with van der Waals surface area (Å²) in [4.78, 5) is 26.2. The van der Waals surface area contributed by atoms with Crippen molar-refractivity contribution in [3.8, 4) is 0 Å². The predicted octanol–water partition coefficient (Wildman–Crippen LogP) is 1.86. The van der Waals surface area contributed by atoms with E-state index in [4.69, 9.17) is 23.7 Å².